The number of piperazine rings is 1. The Morgan fingerprint density at radius 1 is 1.04 bits per heavy atom. The molecule has 3 aliphatic rings. The van der Waals surface area contributed by atoms with Gasteiger partial charge < -0.3 is 19.7 Å². The first-order valence-electron chi connectivity index (χ1n) is 10.8. The monoisotopic (exact) mass is 377 g/mol. The number of nitrogens with one attached hydrogen (secondary N) is 1. The van der Waals surface area contributed by atoms with Gasteiger partial charge in [-0.05, 0) is 38.1 Å². The van der Waals surface area contributed by atoms with Crippen LogP contribution in [-0.4, -0.2) is 58.6 Å². The maximum absolute atomic E-state index is 4.98. The van der Waals surface area contributed by atoms with Gasteiger partial charge in [-0.2, -0.15) is 0 Å². The van der Waals surface area contributed by atoms with Crippen molar-refractivity contribution in [2.24, 2.45) is 0 Å². The van der Waals surface area contributed by atoms with Crippen LogP contribution < -0.4 is 5.32 Å². The molecule has 0 radical (unpaired) electrons. The summed E-state index contributed by atoms with van der Waals surface area (Å²) in [5.41, 5.74) is 3.83. The molecule has 1 aromatic carbocycles. The van der Waals surface area contributed by atoms with Crippen molar-refractivity contribution in [1.29, 1.82) is 0 Å². The summed E-state index contributed by atoms with van der Waals surface area (Å²) in [6, 6.07) is 9.46. The topological polar surface area (TPSA) is 36.3 Å². The van der Waals surface area contributed by atoms with Crippen LogP contribution in [0, 0.1) is 0 Å². The molecule has 2 aliphatic carbocycles. The van der Waals surface area contributed by atoms with Crippen molar-refractivity contribution in [2.75, 3.05) is 38.5 Å². The molecule has 1 aromatic heterocycles. The van der Waals surface area contributed by atoms with E-state index in [0.29, 0.717) is 12.1 Å². The number of aromatic nitrogens is 2. The molecule has 1 aliphatic heterocycles. The first-order valence-corrected chi connectivity index (χ1v) is 10.8. The van der Waals surface area contributed by atoms with Crippen LogP contribution in [0.1, 0.15) is 38.1 Å². The molecule has 1 unspecified atom stereocenters. The number of nitrogens with zero attached hydrogens (tertiary/aromatic N) is 4. The van der Waals surface area contributed by atoms with Gasteiger partial charge in [0.05, 0.1) is 17.1 Å². The second-order valence-electron chi connectivity index (χ2n) is 8.52. The lowest BCUT2D eigenvalue weighted by Crippen LogP contribution is -2.44. The number of hydrogen-bond acceptors (Lipinski definition) is 4. The number of rotatable bonds is 4. The minimum absolute atomic E-state index is 0.302. The van der Waals surface area contributed by atoms with E-state index < -0.39 is 0 Å². The molecule has 1 N–H and O–H groups in total. The quantitative estimate of drug-likeness (QED) is 0.873. The van der Waals surface area contributed by atoms with Crippen molar-refractivity contribution in [1.82, 2.24) is 19.4 Å². The highest BCUT2D eigenvalue weighted by molar-refractivity contribution is 5.79. The predicted octanol–water partition coefficient (Wildman–Crippen LogP) is 4.02. The molecule has 28 heavy (non-hydrogen) atoms. The average Bonchev–Trinajstić information content (AvgIpc) is 3.36. The van der Waals surface area contributed by atoms with E-state index in [-0.39, 0.29) is 0 Å². The number of allylic oxidation sites excluding steroid dienone is 2. The summed E-state index contributed by atoms with van der Waals surface area (Å²) in [5, 5.41) is 3.78. The van der Waals surface area contributed by atoms with Crippen molar-refractivity contribution in [3.8, 4) is 0 Å². The van der Waals surface area contributed by atoms with E-state index in [0.717, 1.165) is 44.1 Å². The van der Waals surface area contributed by atoms with Crippen LogP contribution >= 0.6 is 0 Å². The standard InChI is InChI=1S/C23H31N5/c1-26-13-15-27(16-14-26)20-10-6-7-18(17-20)24-23-25-21-11-4-5-12-22(21)28(23)19-8-2-3-9-19/h4-7,10-12,18-19H,2-3,8-9,13-17H2,1H3,(H,24,25). The third-order valence-corrected chi connectivity index (χ3v) is 6.57. The van der Waals surface area contributed by atoms with Gasteiger partial charge in [0.2, 0.25) is 5.95 Å². The van der Waals surface area contributed by atoms with E-state index in [1.807, 2.05) is 0 Å². The number of likely N-dealkylation sites (N-methyl/N-ethyl adjacent to an activating group) is 1. The van der Waals surface area contributed by atoms with Crippen LogP contribution in [-0.2, 0) is 0 Å². The molecule has 148 valence electrons. The lowest BCUT2D eigenvalue weighted by Gasteiger charge is -2.37. The lowest BCUT2D eigenvalue weighted by molar-refractivity contribution is 0.181. The van der Waals surface area contributed by atoms with E-state index in [1.165, 1.54) is 36.9 Å². The Morgan fingerprint density at radius 2 is 1.82 bits per heavy atom. The van der Waals surface area contributed by atoms with E-state index in [2.05, 4.69) is 69.2 Å². The van der Waals surface area contributed by atoms with Crippen molar-refractivity contribution in [3.05, 3.63) is 48.2 Å². The fraction of sp³-hybridized carbons (Fsp3) is 0.522. The normalized spacial score (nSPS) is 24.1. The van der Waals surface area contributed by atoms with Crippen LogP contribution in [0.2, 0.25) is 0 Å². The highest BCUT2D eigenvalue weighted by atomic mass is 15.3. The third-order valence-electron chi connectivity index (χ3n) is 6.57. The van der Waals surface area contributed by atoms with Crippen LogP contribution in [0.4, 0.5) is 5.95 Å². The molecule has 5 heteroatoms. The molecule has 0 amide bonds. The minimum Gasteiger partial charge on any atom is -0.372 e. The second kappa shape index (κ2) is 7.63. The Balaban J connectivity index is 1.36. The van der Waals surface area contributed by atoms with E-state index in [9.17, 15) is 0 Å². The van der Waals surface area contributed by atoms with Crippen LogP contribution in [0.5, 0.6) is 0 Å². The number of benzene rings is 1. The summed E-state index contributed by atoms with van der Waals surface area (Å²) in [7, 11) is 2.21. The summed E-state index contributed by atoms with van der Waals surface area (Å²) < 4.78 is 2.48. The fourth-order valence-corrected chi connectivity index (χ4v) is 4.93. The highest BCUT2D eigenvalue weighted by Gasteiger charge is 2.25. The zero-order chi connectivity index (χ0) is 18.9. The molecule has 0 spiro atoms. The summed E-state index contributed by atoms with van der Waals surface area (Å²) in [4.78, 5) is 9.94. The van der Waals surface area contributed by atoms with E-state index >= 15 is 0 Å². The lowest BCUT2D eigenvalue weighted by atomic mass is 10.0. The van der Waals surface area contributed by atoms with Crippen molar-refractivity contribution in [3.63, 3.8) is 0 Å². The molecule has 1 atom stereocenters. The van der Waals surface area contributed by atoms with Crippen LogP contribution in [0.15, 0.2) is 48.2 Å². The largest absolute Gasteiger partial charge is 0.372 e. The maximum atomic E-state index is 4.98. The first-order chi connectivity index (χ1) is 13.8. The van der Waals surface area contributed by atoms with Crippen molar-refractivity contribution in [2.45, 2.75) is 44.2 Å². The molecule has 1 saturated heterocycles. The summed E-state index contributed by atoms with van der Waals surface area (Å²) in [5.74, 6) is 1.04. The Labute approximate surface area is 167 Å². The predicted molar refractivity (Wildman–Crippen MR) is 116 cm³/mol. The smallest absolute Gasteiger partial charge is 0.204 e. The average molecular weight is 378 g/mol. The summed E-state index contributed by atoms with van der Waals surface area (Å²) in [6.45, 7) is 4.56. The first kappa shape index (κ1) is 17.8. The highest BCUT2D eigenvalue weighted by Crippen LogP contribution is 2.36. The molecule has 0 bridgehead atoms. The maximum Gasteiger partial charge on any atom is 0.204 e. The van der Waals surface area contributed by atoms with Gasteiger partial charge in [-0.15, -0.1) is 0 Å². The number of anilines is 1. The Morgan fingerprint density at radius 3 is 2.64 bits per heavy atom. The number of imidazole rings is 1. The van der Waals surface area contributed by atoms with Gasteiger partial charge >= 0.3 is 0 Å². The Hall–Kier alpha value is -2.27. The van der Waals surface area contributed by atoms with Crippen LogP contribution in [0.3, 0.4) is 0 Å². The van der Waals surface area contributed by atoms with Crippen molar-refractivity contribution >= 4 is 17.0 Å². The van der Waals surface area contributed by atoms with E-state index in [1.54, 1.807) is 0 Å². The zero-order valence-electron chi connectivity index (χ0n) is 16.8. The zero-order valence-corrected chi connectivity index (χ0v) is 16.8. The summed E-state index contributed by atoms with van der Waals surface area (Å²) in [6.07, 6.45) is 13.0. The SMILES string of the molecule is CN1CCN(C2=CC=CC(Nc3nc4ccccc4n3C3CCCC3)C2)CC1. The number of fused-ring (bicyclic) bond motifs is 1. The Kier molecular flexibility index (Phi) is 4.85. The van der Waals surface area contributed by atoms with Gasteiger partial charge in [0.25, 0.3) is 0 Å². The molecule has 2 heterocycles. The molecule has 2 fully saturated rings. The minimum atomic E-state index is 0.302. The van der Waals surface area contributed by atoms with Gasteiger partial charge in [-0.3, -0.25) is 0 Å². The van der Waals surface area contributed by atoms with Gasteiger partial charge in [0.1, 0.15) is 0 Å². The molecule has 1 saturated carbocycles. The second-order valence-corrected chi connectivity index (χ2v) is 8.52. The Bertz CT molecular complexity index is 882. The number of para-hydroxylation sites is 2. The summed E-state index contributed by atoms with van der Waals surface area (Å²) >= 11 is 0. The van der Waals surface area contributed by atoms with Gasteiger partial charge in [0, 0.05) is 44.3 Å². The molecule has 5 rings (SSSR count). The van der Waals surface area contributed by atoms with E-state index in [4.69, 9.17) is 4.98 Å². The van der Waals surface area contributed by atoms with Crippen molar-refractivity contribution < 1.29 is 0 Å². The molecule has 5 nitrogen and oxygen atoms in total. The van der Waals surface area contributed by atoms with Gasteiger partial charge in [-0.1, -0.05) is 37.1 Å². The third kappa shape index (κ3) is 3.44. The molecular formula is C23H31N5. The van der Waals surface area contributed by atoms with Gasteiger partial charge in [0.15, 0.2) is 0 Å². The number of hydrogen-bond donors (Lipinski definition) is 1. The fourth-order valence-electron chi connectivity index (χ4n) is 4.93. The van der Waals surface area contributed by atoms with Crippen LogP contribution in [0.25, 0.3) is 11.0 Å². The molecular weight excluding hydrogens is 346 g/mol. The van der Waals surface area contributed by atoms with Gasteiger partial charge in [-0.25, -0.2) is 4.98 Å². The molecule has 2 aromatic rings.